The number of methoxy groups -OCH3 is 1. The first-order valence-corrected chi connectivity index (χ1v) is 9.83. The van der Waals surface area contributed by atoms with Gasteiger partial charge in [0, 0.05) is 67.7 Å². The summed E-state index contributed by atoms with van der Waals surface area (Å²) in [5, 5.41) is 0.942. The van der Waals surface area contributed by atoms with Gasteiger partial charge in [-0.05, 0) is 31.2 Å². The molecule has 6 nitrogen and oxygen atoms in total. The Morgan fingerprint density at radius 1 is 1.18 bits per heavy atom. The van der Waals surface area contributed by atoms with Crippen molar-refractivity contribution in [3.63, 3.8) is 0 Å². The molecule has 2 aromatic heterocycles. The number of aromatic amines is 1. The lowest BCUT2D eigenvalue weighted by Crippen LogP contribution is -2.43. The Morgan fingerprint density at radius 2 is 2.04 bits per heavy atom. The smallest absolute Gasteiger partial charge is 0.274 e. The first-order chi connectivity index (χ1) is 13.5. The molecule has 3 aromatic rings. The summed E-state index contributed by atoms with van der Waals surface area (Å²) in [5.41, 5.74) is 3.94. The Bertz CT molecular complexity index is 1100. The molecule has 0 amide bonds. The van der Waals surface area contributed by atoms with E-state index in [1.54, 1.807) is 18.7 Å². The van der Waals surface area contributed by atoms with Gasteiger partial charge in [0.05, 0.1) is 7.11 Å². The number of likely N-dealkylation sites (N-methyl/N-ethyl adjacent to an activating group) is 1. The van der Waals surface area contributed by atoms with Gasteiger partial charge in [0.1, 0.15) is 11.3 Å². The third-order valence-corrected chi connectivity index (χ3v) is 6.49. The molecular formula is C22H26N4O2. The quantitative estimate of drug-likeness (QED) is 0.758. The van der Waals surface area contributed by atoms with E-state index in [4.69, 9.17) is 4.74 Å². The predicted molar refractivity (Wildman–Crippen MR) is 111 cm³/mol. The van der Waals surface area contributed by atoms with E-state index >= 15 is 0 Å². The number of hydrogen-bond donors (Lipinski definition) is 1. The van der Waals surface area contributed by atoms with Crippen LogP contribution in [0.15, 0.2) is 41.5 Å². The Labute approximate surface area is 164 Å². The van der Waals surface area contributed by atoms with Gasteiger partial charge in [0.15, 0.2) is 0 Å². The highest BCUT2D eigenvalue weighted by molar-refractivity contribution is 5.94. The molecule has 1 N–H and O–H groups in total. The molecular weight excluding hydrogens is 352 g/mol. The van der Waals surface area contributed by atoms with Crippen molar-refractivity contribution in [2.75, 3.05) is 27.2 Å². The number of nitrogens with zero attached hydrogens (tertiary/aromatic N) is 3. The highest BCUT2D eigenvalue weighted by Crippen LogP contribution is 2.35. The zero-order valence-electron chi connectivity index (χ0n) is 16.6. The van der Waals surface area contributed by atoms with Gasteiger partial charge in [-0.1, -0.05) is 12.1 Å². The normalized spacial score (nSPS) is 22.4. The van der Waals surface area contributed by atoms with Crippen LogP contribution in [0.3, 0.4) is 0 Å². The fourth-order valence-electron chi connectivity index (χ4n) is 4.90. The molecule has 2 fully saturated rings. The van der Waals surface area contributed by atoms with Crippen molar-refractivity contribution in [2.45, 2.75) is 25.0 Å². The summed E-state index contributed by atoms with van der Waals surface area (Å²) in [6.45, 7) is 3.22. The minimum absolute atomic E-state index is 0.0126. The molecule has 5 rings (SSSR count). The summed E-state index contributed by atoms with van der Waals surface area (Å²) in [7, 11) is 5.75. The second-order valence-electron chi connectivity index (χ2n) is 8.16. The lowest BCUT2D eigenvalue weighted by molar-refractivity contribution is 0.142. The number of likely N-dealkylation sites (tertiary alicyclic amines) is 2. The van der Waals surface area contributed by atoms with Gasteiger partial charge in [-0.15, -0.1) is 0 Å². The number of pyridine rings is 1. The molecule has 2 aliphatic rings. The van der Waals surface area contributed by atoms with Crippen molar-refractivity contribution in [1.29, 1.82) is 0 Å². The summed E-state index contributed by atoms with van der Waals surface area (Å²) in [6, 6.07) is 9.73. The molecule has 0 saturated carbocycles. The first kappa shape index (κ1) is 17.5. The average molecular weight is 378 g/mol. The van der Waals surface area contributed by atoms with Crippen LogP contribution in [0.2, 0.25) is 0 Å². The van der Waals surface area contributed by atoms with Gasteiger partial charge in [-0.3, -0.25) is 9.69 Å². The maximum Gasteiger partial charge on any atom is 0.274 e. The van der Waals surface area contributed by atoms with Gasteiger partial charge in [0.25, 0.3) is 5.56 Å². The number of benzene rings is 1. The summed E-state index contributed by atoms with van der Waals surface area (Å²) in [5.74, 6) is 0.908. The van der Waals surface area contributed by atoms with Crippen LogP contribution in [0.5, 0.6) is 5.75 Å². The number of aryl methyl sites for hydroxylation is 1. The fraction of sp³-hybridized carbons (Fsp3) is 0.409. The van der Waals surface area contributed by atoms with Crippen molar-refractivity contribution in [3.8, 4) is 16.9 Å². The number of ether oxygens (including phenoxy) is 1. The lowest BCUT2D eigenvalue weighted by atomic mass is 10.0. The van der Waals surface area contributed by atoms with Gasteiger partial charge in [-0.2, -0.15) is 0 Å². The number of nitrogens with one attached hydrogen (secondary N) is 1. The number of aromatic nitrogens is 2. The highest BCUT2D eigenvalue weighted by atomic mass is 16.5. The Balaban J connectivity index is 1.49. The minimum Gasteiger partial charge on any atom is -0.496 e. The van der Waals surface area contributed by atoms with Gasteiger partial charge in [-0.25, -0.2) is 0 Å². The van der Waals surface area contributed by atoms with E-state index in [9.17, 15) is 4.79 Å². The Hall–Kier alpha value is -2.57. The molecule has 1 aromatic carbocycles. The monoisotopic (exact) mass is 378 g/mol. The number of fused-ring (bicyclic) bond motifs is 3. The van der Waals surface area contributed by atoms with Crippen LogP contribution in [-0.4, -0.2) is 58.7 Å². The summed E-state index contributed by atoms with van der Waals surface area (Å²) >= 11 is 0. The molecule has 2 atom stereocenters. The van der Waals surface area contributed by atoms with Crippen LogP contribution in [0.1, 0.15) is 12.0 Å². The first-order valence-electron chi connectivity index (χ1n) is 9.83. The van der Waals surface area contributed by atoms with Crippen LogP contribution in [0.4, 0.5) is 0 Å². The standard InChI is InChI=1S/C22H26N4O2/c1-24-11-17-9-16(24)12-26(17)10-15-5-4-14(8-20(15)28-3)19-13-25(2)22(27)21-18(19)6-7-23-21/h4-8,13,16-17,23H,9-12H2,1-3H3/t16-,17-/m1/s1. The molecule has 6 heteroatoms. The van der Waals surface area contributed by atoms with E-state index in [1.807, 2.05) is 18.5 Å². The van der Waals surface area contributed by atoms with Gasteiger partial charge >= 0.3 is 0 Å². The molecule has 4 heterocycles. The number of rotatable bonds is 4. The lowest BCUT2D eigenvalue weighted by Gasteiger charge is -2.32. The SMILES string of the molecule is COc1cc(-c2cn(C)c(=O)c3[nH]ccc23)ccc1CN1C[C@H]2C[C@@H]1CN2C. The summed E-state index contributed by atoms with van der Waals surface area (Å²) in [4.78, 5) is 20.5. The van der Waals surface area contributed by atoms with E-state index in [0.717, 1.165) is 41.9 Å². The third-order valence-electron chi connectivity index (χ3n) is 6.49. The van der Waals surface area contributed by atoms with Gasteiger partial charge < -0.3 is 19.2 Å². The largest absolute Gasteiger partial charge is 0.496 e. The van der Waals surface area contributed by atoms with Crippen molar-refractivity contribution in [1.82, 2.24) is 19.4 Å². The topological polar surface area (TPSA) is 53.5 Å². The molecule has 0 unspecified atom stereocenters. The van der Waals surface area contributed by atoms with Crippen LogP contribution in [0, 0.1) is 0 Å². The van der Waals surface area contributed by atoms with Gasteiger partial charge in [0.2, 0.25) is 0 Å². The van der Waals surface area contributed by atoms with E-state index in [2.05, 4.69) is 40.0 Å². The van der Waals surface area contributed by atoms with E-state index in [1.165, 1.54) is 12.0 Å². The van der Waals surface area contributed by atoms with Crippen LogP contribution < -0.4 is 10.3 Å². The minimum atomic E-state index is -0.0126. The van der Waals surface area contributed by atoms with E-state index in [0.29, 0.717) is 17.6 Å². The molecule has 0 spiro atoms. The third kappa shape index (κ3) is 2.67. The maximum absolute atomic E-state index is 12.3. The molecule has 2 saturated heterocycles. The predicted octanol–water partition coefficient (Wildman–Crippen LogP) is 2.43. The van der Waals surface area contributed by atoms with Crippen LogP contribution in [0.25, 0.3) is 22.0 Å². The number of piperazine rings is 1. The Morgan fingerprint density at radius 3 is 2.75 bits per heavy atom. The summed E-state index contributed by atoms with van der Waals surface area (Å²) in [6.07, 6.45) is 5.00. The maximum atomic E-state index is 12.3. The fourth-order valence-corrected chi connectivity index (χ4v) is 4.90. The summed E-state index contributed by atoms with van der Waals surface area (Å²) < 4.78 is 7.38. The number of hydrogen-bond acceptors (Lipinski definition) is 4. The zero-order valence-corrected chi connectivity index (χ0v) is 16.6. The van der Waals surface area contributed by atoms with E-state index in [-0.39, 0.29) is 5.56 Å². The highest BCUT2D eigenvalue weighted by Gasteiger charge is 2.41. The average Bonchev–Trinajstić information content (AvgIpc) is 3.41. The second kappa shape index (κ2) is 6.50. The number of H-pyrrole nitrogens is 1. The molecule has 2 aliphatic heterocycles. The molecule has 0 aliphatic carbocycles. The van der Waals surface area contributed by atoms with Crippen LogP contribution in [-0.2, 0) is 13.6 Å². The van der Waals surface area contributed by atoms with Crippen molar-refractivity contribution in [3.05, 3.63) is 52.6 Å². The zero-order chi connectivity index (χ0) is 19.4. The second-order valence-corrected chi connectivity index (χ2v) is 8.16. The van der Waals surface area contributed by atoms with Crippen molar-refractivity contribution < 1.29 is 4.74 Å². The van der Waals surface area contributed by atoms with E-state index < -0.39 is 0 Å². The molecule has 146 valence electrons. The van der Waals surface area contributed by atoms with Crippen molar-refractivity contribution in [2.24, 2.45) is 7.05 Å². The molecule has 0 radical (unpaired) electrons. The van der Waals surface area contributed by atoms with Crippen LogP contribution >= 0.6 is 0 Å². The Kier molecular flexibility index (Phi) is 4.07. The molecule has 28 heavy (non-hydrogen) atoms. The molecule has 2 bridgehead atoms. The van der Waals surface area contributed by atoms with Crippen molar-refractivity contribution >= 4 is 10.9 Å².